The third kappa shape index (κ3) is 8.67. The fourth-order valence-corrected chi connectivity index (χ4v) is 6.20. The third-order valence-electron chi connectivity index (χ3n) is 8.26. The number of hydrogen-bond donors (Lipinski definition) is 1. The highest BCUT2D eigenvalue weighted by Gasteiger charge is 2.47. The summed E-state index contributed by atoms with van der Waals surface area (Å²) in [4.78, 5) is 15.3. The molecule has 206 valence electrons. The molecule has 2 aliphatic rings. The topological polar surface area (TPSA) is 77.5 Å². The SMILES string of the molecule is COC1(C)CC(OC2(C)COC(=O)C(C)CC(C)CC(C)CC(C)CN(C)C(C)C2)OC(C)C1O. The first kappa shape index (κ1) is 30.5. The molecule has 1 N–H and O–H groups in total. The maximum absolute atomic E-state index is 12.9. The summed E-state index contributed by atoms with van der Waals surface area (Å²) in [5, 5.41) is 10.6. The van der Waals surface area contributed by atoms with Crippen LogP contribution in [0.1, 0.15) is 87.5 Å². The molecule has 10 unspecified atom stereocenters. The van der Waals surface area contributed by atoms with Gasteiger partial charge in [-0.1, -0.05) is 27.7 Å². The van der Waals surface area contributed by atoms with Crippen LogP contribution in [0.5, 0.6) is 0 Å². The molecule has 7 heteroatoms. The normalized spacial score (nSPS) is 45.9. The molecule has 0 spiro atoms. The highest BCUT2D eigenvalue weighted by atomic mass is 16.7. The molecule has 0 radical (unpaired) electrons. The Kier molecular flexibility index (Phi) is 11.0. The zero-order valence-corrected chi connectivity index (χ0v) is 24.0. The number of hydrogen-bond acceptors (Lipinski definition) is 7. The molecule has 2 saturated heterocycles. The van der Waals surface area contributed by atoms with Crippen LogP contribution >= 0.6 is 0 Å². The Bertz CT molecular complexity index is 676. The molecule has 0 saturated carbocycles. The first-order chi connectivity index (χ1) is 16.2. The number of carbonyl (C=O) groups excluding carboxylic acids is 1. The zero-order chi connectivity index (χ0) is 26.6. The van der Waals surface area contributed by atoms with Crippen molar-refractivity contribution in [1.82, 2.24) is 4.90 Å². The molecule has 0 aromatic carbocycles. The minimum absolute atomic E-state index is 0.151. The molecule has 10 atom stereocenters. The van der Waals surface area contributed by atoms with Gasteiger partial charge < -0.3 is 29.0 Å². The van der Waals surface area contributed by atoms with Crippen molar-refractivity contribution in [3.05, 3.63) is 0 Å². The van der Waals surface area contributed by atoms with Crippen molar-refractivity contribution in [2.75, 3.05) is 27.3 Å². The van der Waals surface area contributed by atoms with Crippen LogP contribution < -0.4 is 0 Å². The first-order valence-electron chi connectivity index (χ1n) is 13.6. The number of nitrogens with zero attached hydrogens (tertiary/aromatic N) is 1. The summed E-state index contributed by atoms with van der Waals surface area (Å²) in [5.74, 6) is 1.37. The number of aliphatic hydroxyl groups excluding tert-OH is 1. The van der Waals surface area contributed by atoms with Crippen molar-refractivity contribution in [3.8, 4) is 0 Å². The standard InChI is InChI=1S/C28H53NO6/c1-18-11-19(2)13-21(4)26(31)33-17-27(7,14-22(5)29(9)16-20(3)12-18)35-24-15-28(8,32-10)25(30)23(6)34-24/h18-25,30H,11-17H2,1-10H3. The summed E-state index contributed by atoms with van der Waals surface area (Å²) in [7, 11) is 3.77. The van der Waals surface area contributed by atoms with Gasteiger partial charge in [-0.15, -0.1) is 0 Å². The van der Waals surface area contributed by atoms with E-state index >= 15 is 0 Å². The lowest BCUT2D eigenvalue weighted by Crippen LogP contribution is -2.58. The molecular weight excluding hydrogens is 446 g/mol. The lowest BCUT2D eigenvalue weighted by atomic mass is 9.85. The van der Waals surface area contributed by atoms with Crippen LogP contribution in [0, 0.1) is 23.7 Å². The van der Waals surface area contributed by atoms with E-state index in [4.69, 9.17) is 18.9 Å². The Hall–Kier alpha value is -0.730. The van der Waals surface area contributed by atoms with Crippen LogP contribution in [0.2, 0.25) is 0 Å². The summed E-state index contributed by atoms with van der Waals surface area (Å²) in [6.07, 6.45) is 2.47. The number of carbonyl (C=O) groups is 1. The van der Waals surface area contributed by atoms with Crippen molar-refractivity contribution in [2.24, 2.45) is 23.7 Å². The average Bonchev–Trinajstić information content (AvgIpc) is 2.74. The largest absolute Gasteiger partial charge is 0.462 e. The maximum Gasteiger partial charge on any atom is 0.308 e. The molecule has 0 aromatic heterocycles. The van der Waals surface area contributed by atoms with E-state index in [0.717, 1.165) is 19.4 Å². The van der Waals surface area contributed by atoms with E-state index < -0.39 is 29.7 Å². The van der Waals surface area contributed by atoms with Crippen LogP contribution in [-0.4, -0.2) is 79.0 Å². The van der Waals surface area contributed by atoms with Crippen LogP contribution in [-0.2, 0) is 23.7 Å². The zero-order valence-electron chi connectivity index (χ0n) is 24.0. The highest BCUT2D eigenvalue weighted by Crippen LogP contribution is 2.36. The Morgan fingerprint density at radius 2 is 1.57 bits per heavy atom. The second-order valence-corrected chi connectivity index (χ2v) is 12.5. The summed E-state index contributed by atoms with van der Waals surface area (Å²) < 4.78 is 24.1. The lowest BCUT2D eigenvalue weighted by molar-refractivity contribution is -0.307. The van der Waals surface area contributed by atoms with E-state index in [0.29, 0.717) is 30.6 Å². The molecular formula is C28H53NO6. The van der Waals surface area contributed by atoms with Crippen LogP contribution in [0.15, 0.2) is 0 Å². The van der Waals surface area contributed by atoms with E-state index in [-0.39, 0.29) is 24.5 Å². The Labute approximate surface area is 214 Å². The quantitative estimate of drug-likeness (QED) is 0.567. The molecule has 0 bridgehead atoms. The van der Waals surface area contributed by atoms with Crippen LogP contribution in [0.4, 0.5) is 0 Å². The van der Waals surface area contributed by atoms with E-state index in [1.54, 1.807) is 7.11 Å². The van der Waals surface area contributed by atoms with Crippen molar-refractivity contribution in [3.63, 3.8) is 0 Å². The first-order valence-corrected chi connectivity index (χ1v) is 13.6. The van der Waals surface area contributed by atoms with E-state index in [1.807, 2.05) is 27.7 Å². The Balaban J connectivity index is 2.24. The number of rotatable bonds is 3. The van der Waals surface area contributed by atoms with Gasteiger partial charge in [-0.3, -0.25) is 4.79 Å². The summed E-state index contributed by atoms with van der Waals surface area (Å²) >= 11 is 0. The lowest BCUT2D eigenvalue weighted by Gasteiger charge is -2.47. The van der Waals surface area contributed by atoms with Gasteiger partial charge in [-0.05, 0) is 78.2 Å². The second kappa shape index (κ2) is 12.7. The monoisotopic (exact) mass is 499 g/mol. The number of cyclic esters (lactones) is 1. The van der Waals surface area contributed by atoms with Gasteiger partial charge in [0.25, 0.3) is 0 Å². The maximum atomic E-state index is 12.9. The third-order valence-corrected chi connectivity index (χ3v) is 8.26. The van der Waals surface area contributed by atoms with Gasteiger partial charge in [-0.25, -0.2) is 0 Å². The molecule has 0 aromatic rings. The van der Waals surface area contributed by atoms with Crippen LogP contribution in [0.3, 0.4) is 0 Å². The average molecular weight is 500 g/mol. The fourth-order valence-electron chi connectivity index (χ4n) is 6.20. The molecule has 35 heavy (non-hydrogen) atoms. The molecule has 2 fully saturated rings. The van der Waals surface area contributed by atoms with Gasteiger partial charge >= 0.3 is 5.97 Å². The Morgan fingerprint density at radius 3 is 2.20 bits per heavy atom. The summed E-state index contributed by atoms with van der Waals surface area (Å²) in [6.45, 7) is 18.0. The van der Waals surface area contributed by atoms with Gasteiger partial charge in [0.2, 0.25) is 0 Å². The second-order valence-electron chi connectivity index (χ2n) is 12.5. The van der Waals surface area contributed by atoms with Gasteiger partial charge in [0.05, 0.1) is 17.6 Å². The van der Waals surface area contributed by atoms with Crippen molar-refractivity contribution < 1.29 is 28.8 Å². The van der Waals surface area contributed by atoms with E-state index in [1.165, 1.54) is 6.42 Å². The van der Waals surface area contributed by atoms with E-state index in [9.17, 15) is 9.90 Å². The number of ether oxygens (including phenoxy) is 4. The molecule has 7 nitrogen and oxygen atoms in total. The van der Waals surface area contributed by atoms with E-state index in [2.05, 4.69) is 39.6 Å². The number of methoxy groups -OCH3 is 1. The van der Waals surface area contributed by atoms with Crippen molar-refractivity contribution >= 4 is 5.97 Å². The number of esters is 1. The molecule has 2 rings (SSSR count). The number of aliphatic hydroxyl groups is 1. The summed E-state index contributed by atoms with van der Waals surface area (Å²) in [5.41, 5.74) is -1.51. The highest BCUT2D eigenvalue weighted by molar-refractivity contribution is 5.72. The van der Waals surface area contributed by atoms with Crippen molar-refractivity contribution in [2.45, 2.75) is 123 Å². The predicted octanol–water partition coefficient (Wildman–Crippen LogP) is 4.64. The van der Waals surface area contributed by atoms with Gasteiger partial charge in [0.1, 0.15) is 18.3 Å². The molecule has 2 heterocycles. The van der Waals surface area contributed by atoms with Gasteiger partial charge in [0, 0.05) is 26.1 Å². The van der Waals surface area contributed by atoms with Crippen molar-refractivity contribution in [1.29, 1.82) is 0 Å². The molecule has 0 amide bonds. The smallest absolute Gasteiger partial charge is 0.308 e. The van der Waals surface area contributed by atoms with Gasteiger partial charge in [-0.2, -0.15) is 0 Å². The minimum atomic E-state index is -0.769. The Morgan fingerprint density at radius 1 is 0.971 bits per heavy atom. The molecule has 2 aliphatic heterocycles. The van der Waals surface area contributed by atoms with Crippen LogP contribution in [0.25, 0.3) is 0 Å². The predicted molar refractivity (Wildman–Crippen MR) is 138 cm³/mol. The fraction of sp³-hybridized carbons (Fsp3) is 0.964. The summed E-state index contributed by atoms with van der Waals surface area (Å²) in [6, 6.07) is 0.221. The molecule has 0 aliphatic carbocycles. The van der Waals surface area contributed by atoms with Gasteiger partial charge in [0.15, 0.2) is 6.29 Å². The minimum Gasteiger partial charge on any atom is -0.462 e.